The van der Waals surface area contributed by atoms with Gasteiger partial charge in [-0.3, -0.25) is 4.79 Å². The van der Waals surface area contributed by atoms with E-state index in [2.05, 4.69) is 28.6 Å². The maximum atomic E-state index is 12.3. The number of para-hydroxylation sites is 3. The van der Waals surface area contributed by atoms with Crippen molar-refractivity contribution in [3.05, 3.63) is 107 Å². The van der Waals surface area contributed by atoms with Crippen LogP contribution in [0.15, 0.2) is 85.5 Å². The third kappa shape index (κ3) is 6.76. The number of aryl methyl sites for hydroxylation is 2. The van der Waals surface area contributed by atoms with E-state index in [4.69, 9.17) is 21.3 Å². The molecule has 0 spiro atoms. The molecule has 6 heteroatoms. The molecule has 4 aromatic rings. The average Bonchev–Trinajstić information content (AvgIpc) is 3.24. The number of carbonyl (C=O) groups excluding carboxylic acids is 1. The molecule has 1 heterocycles. The number of amides is 1. The summed E-state index contributed by atoms with van der Waals surface area (Å²) in [6.07, 6.45) is 5.43. The quantitative estimate of drug-likeness (QED) is 0.176. The van der Waals surface area contributed by atoms with Crippen molar-refractivity contribution in [2.45, 2.75) is 38.6 Å². The number of halogens is 1. The molecule has 1 amide bonds. The second-order valence-electron chi connectivity index (χ2n) is 8.69. The van der Waals surface area contributed by atoms with Crippen LogP contribution in [-0.2, 0) is 30.6 Å². The van der Waals surface area contributed by atoms with Crippen molar-refractivity contribution in [2.24, 2.45) is 0 Å². The first-order valence-electron chi connectivity index (χ1n) is 12.4. The highest BCUT2D eigenvalue weighted by Gasteiger charge is 2.11. The van der Waals surface area contributed by atoms with Crippen molar-refractivity contribution in [2.75, 3.05) is 13.2 Å². The van der Waals surface area contributed by atoms with Gasteiger partial charge in [0.25, 0.3) is 0 Å². The van der Waals surface area contributed by atoms with E-state index >= 15 is 0 Å². The summed E-state index contributed by atoms with van der Waals surface area (Å²) in [4.78, 5) is 17.2. The summed E-state index contributed by atoms with van der Waals surface area (Å²) in [7, 11) is 0. The molecule has 0 fully saturated rings. The number of nitrogens with zero attached hydrogens (tertiary/aromatic N) is 2. The summed E-state index contributed by atoms with van der Waals surface area (Å²) >= 11 is 6.17. The summed E-state index contributed by atoms with van der Waals surface area (Å²) in [6, 6.07) is 23.8. The first-order valence-corrected chi connectivity index (χ1v) is 12.8. The van der Waals surface area contributed by atoms with Crippen molar-refractivity contribution >= 4 is 28.5 Å². The highest BCUT2D eigenvalue weighted by Crippen LogP contribution is 2.21. The summed E-state index contributed by atoms with van der Waals surface area (Å²) in [5.74, 6) is 1.93. The fraction of sp³-hybridized carbons (Fsp3) is 0.267. The van der Waals surface area contributed by atoms with E-state index < -0.39 is 0 Å². The fourth-order valence-electron chi connectivity index (χ4n) is 4.29. The van der Waals surface area contributed by atoms with E-state index in [0.29, 0.717) is 18.2 Å². The molecule has 36 heavy (non-hydrogen) atoms. The molecule has 0 saturated carbocycles. The van der Waals surface area contributed by atoms with Crippen LogP contribution < -0.4 is 10.1 Å². The van der Waals surface area contributed by atoms with Crippen LogP contribution >= 0.6 is 11.6 Å². The molecule has 0 unspecified atom stereocenters. The Kier molecular flexibility index (Phi) is 9.17. The van der Waals surface area contributed by atoms with E-state index in [1.54, 1.807) is 6.07 Å². The smallest absolute Gasteiger partial charge is 0.224 e. The Hall–Kier alpha value is -3.57. The van der Waals surface area contributed by atoms with Crippen molar-refractivity contribution in [1.29, 1.82) is 0 Å². The molecule has 1 N–H and O–H groups in total. The minimum absolute atomic E-state index is 0.0227. The Balaban J connectivity index is 1.31. The molecule has 186 valence electrons. The van der Waals surface area contributed by atoms with Gasteiger partial charge in [0, 0.05) is 24.5 Å². The third-order valence-electron chi connectivity index (χ3n) is 6.06. The SMILES string of the molecule is C=CCc1ccccc1OCCCn1c(CCCNC(=O)Cc2ccccc2Cl)nc2ccccc21. The van der Waals surface area contributed by atoms with E-state index in [-0.39, 0.29) is 12.3 Å². The van der Waals surface area contributed by atoms with Gasteiger partial charge in [-0.1, -0.05) is 66.2 Å². The number of ether oxygens (including phenoxy) is 1. The Morgan fingerprint density at radius 3 is 2.58 bits per heavy atom. The summed E-state index contributed by atoms with van der Waals surface area (Å²) < 4.78 is 8.36. The van der Waals surface area contributed by atoms with Gasteiger partial charge in [-0.05, 0) is 54.7 Å². The standard InChI is InChI=1S/C30H32ClN3O2/c1-2-11-23-12-4-8-17-28(23)36-21-10-20-34-27-16-7-6-15-26(27)33-29(34)18-9-19-32-30(35)22-24-13-3-5-14-25(24)31/h2-8,12-17H,1,9-11,18-22H2,(H,32,35). The van der Waals surface area contributed by atoms with Crippen LogP contribution in [0.1, 0.15) is 29.8 Å². The number of nitrogens with one attached hydrogen (secondary N) is 1. The summed E-state index contributed by atoms with van der Waals surface area (Å²) in [5, 5.41) is 3.63. The molecule has 0 aliphatic carbocycles. The van der Waals surface area contributed by atoms with Crippen LogP contribution in [0.25, 0.3) is 11.0 Å². The Morgan fingerprint density at radius 1 is 1.00 bits per heavy atom. The van der Waals surface area contributed by atoms with Crippen LogP contribution in [0, 0.1) is 0 Å². The normalized spacial score (nSPS) is 10.9. The molecule has 0 aliphatic heterocycles. The molecule has 0 saturated heterocycles. The number of carbonyl (C=O) groups is 1. The van der Waals surface area contributed by atoms with Gasteiger partial charge in [-0.2, -0.15) is 0 Å². The molecule has 3 aromatic carbocycles. The number of imidazole rings is 1. The number of benzene rings is 3. The van der Waals surface area contributed by atoms with Crippen molar-refractivity contribution in [3.8, 4) is 5.75 Å². The van der Waals surface area contributed by atoms with Gasteiger partial charge >= 0.3 is 0 Å². The van der Waals surface area contributed by atoms with Crippen molar-refractivity contribution < 1.29 is 9.53 Å². The average molecular weight is 502 g/mol. The monoisotopic (exact) mass is 501 g/mol. The Labute approximate surface area is 217 Å². The van der Waals surface area contributed by atoms with Crippen LogP contribution in [0.5, 0.6) is 5.75 Å². The van der Waals surface area contributed by atoms with Gasteiger partial charge in [0.2, 0.25) is 5.91 Å². The molecule has 5 nitrogen and oxygen atoms in total. The lowest BCUT2D eigenvalue weighted by Gasteiger charge is -2.12. The molecule has 0 atom stereocenters. The first kappa shape index (κ1) is 25.5. The van der Waals surface area contributed by atoms with Crippen LogP contribution in [-0.4, -0.2) is 28.6 Å². The number of hydrogen-bond acceptors (Lipinski definition) is 3. The number of allylic oxidation sites excluding steroid dienone is 1. The number of rotatable bonds is 13. The van der Waals surface area contributed by atoms with Gasteiger partial charge in [-0.15, -0.1) is 6.58 Å². The lowest BCUT2D eigenvalue weighted by molar-refractivity contribution is -0.120. The van der Waals surface area contributed by atoms with Crippen molar-refractivity contribution in [3.63, 3.8) is 0 Å². The van der Waals surface area contributed by atoms with Gasteiger partial charge in [-0.25, -0.2) is 4.98 Å². The van der Waals surface area contributed by atoms with Gasteiger partial charge in [0.15, 0.2) is 0 Å². The van der Waals surface area contributed by atoms with Crippen molar-refractivity contribution in [1.82, 2.24) is 14.9 Å². The minimum atomic E-state index is -0.0227. The van der Waals surface area contributed by atoms with Gasteiger partial charge < -0.3 is 14.6 Å². The van der Waals surface area contributed by atoms with E-state index in [0.717, 1.165) is 66.0 Å². The zero-order valence-electron chi connectivity index (χ0n) is 20.5. The van der Waals surface area contributed by atoms with Crippen LogP contribution in [0.3, 0.4) is 0 Å². The van der Waals surface area contributed by atoms with Crippen LogP contribution in [0.4, 0.5) is 0 Å². The van der Waals surface area contributed by atoms with Gasteiger partial charge in [0.05, 0.1) is 24.1 Å². The summed E-state index contributed by atoms with van der Waals surface area (Å²) in [6.45, 7) is 5.87. The van der Waals surface area contributed by atoms with E-state index in [9.17, 15) is 4.79 Å². The largest absolute Gasteiger partial charge is 0.493 e. The molecule has 0 radical (unpaired) electrons. The predicted octanol–water partition coefficient (Wildman–Crippen LogP) is 6.18. The lowest BCUT2D eigenvalue weighted by atomic mass is 10.1. The highest BCUT2D eigenvalue weighted by molar-refractivity contribution is 6.31. The Morgan fingerprint density at radius 2 is 1.75 bits per heavy atom. The maximum Gasteiger partial charge on any atom is 0.224 e. The summed E-state index contributed by atoms with van der Waals surface area (Å²) in [5.41, 5.74) is 4.11. The highest BCUT2D eigenvalue weighted by atomic mass is 35.5. The zero-order chi connectivity index (χ0) is 25.2. The second-order valence-corrected chi connectivity index (χ2v) is 9.10. The molecule has 0 aliphatic rings. The van der Waals surface area contributed by atoms with Crippen LogP contribution in [0.2, 0.25) is 5.02 Å². The number of fused-ring (bicyclic) bond motifs is 1. The minimum Gasteiger partial charge on any atom is -0.493 e. The number of aromatic nitrogens is 2. The van der Waals surface area contributed by atoms with E-state index in [1.165, 1.54) is 0 Å². The lowest BCUT2D eigenvalue weighted by Crippen LogP contribution is -2.26. The fourth-order valence-corrected chi connectivity index (χ4v) is 4.49. The molecular weight excluding hydrogens is 470 g/mol. The first-order chi connectivity index (χ1) is 17.7. The number of hydrogen-bond donors (Lipinski definition) is 1. The topological polar surface area (TPSA) is 56.1 Å². The van der Waals surface area contributed by atoms with E-state index in [1.807, 2.05) is 60.7 Å². The second kappa shape index (κ2) is 12.9. The third-order valence-corrected chi connectivity index (χ3v) is 6.43. The predicted molar refractivity (Wildman–Crippen MR) is 147 cm³/mol. The molecule has 4 rings (SSSR count). The molecule has 1 aromatic heterocycles. The molecule has 0 bridgehead atoms. The zero-order valence-corrected chi connectivity index (χ0v) is 21.2. The Bertz CT molecular complexity index is 1310. The molecular formula is C30H32ClN3O2. The maximum absolute atomic E-state index is 12.3. The van der Waals surface area contributed by atoms with Gasteiger partial charge in [0.1, 0.15) is 11.6 Å².